The lowest BCUT2D eigenvalue weighted by Crippen LogP contribution is -2.55. The summed E-state index contributed by atoms with van der Waals surface area (Å²) in [7, 11) is 0. The molecule has 1 aromatic heterocycles. The van der Waals surface area contributed by atoms with E-state index in [0.717, 1.165) is 5.56 Å². The molecule has 0 unspecified atom stereocenters. The Labute approximate surface area is 134 Å². The van der Waals surface area contributed by atoms with E-state index in [0.29, 0.717) is 26.1 Å². The number of hydrogen-bond acceptors (Lipinski definition) is 3. The van der Waals surface area contributed by atoms with Crippen molar-refractivity contribution in [2.75, 3.05) is 19.6 Å². The zero-order valence-corrected chi connectivity index (χ0v) is 13.2. The largest absolute Gasteiger partial charge is 0.339 e. The smallest absolute Gasteiger partial charge is 0.262 e. The number of alkyl halides is 1. The third kappa shape index (κ3) is 2.79. The number of nitrogens with zero attached hydrogens (tertiary/aromatic N) is 3. The SMILES string of the molecule is CC(=O)N1C[C@H]2CCN(Cc3cccnc3)C(=O)[C@@]2(F)C1.Cl. The van der Waals surface area contributed by atoms with Crippen molar-refractivity contribution in [2.45, 2.75) is 25.6 Å². The van der Waals surface area contributed by atoms with Crippen molar-refractivity contribution in [3.63, 3.8) is 0 Å². The molecule has 0 bridgehead atoms. The number of aromatic nitrogens is 1. The Balaban J connectivity index is 0.00000176. The van der Waals surface area contributed by atoms with E-state index in [1.807, 2.05) is 6.07 Å². The summed E-state index contributed by atoms with van der Waals surface area (Å²) >= 11 is 0. The number of carbonyl (C=O) groups is 2. The van der Waals surface area contributed by atoms with Crippen molar-refractivity contribution >= 4 is 24.2 Å². The molecule has 0 radical (unpaired) electrons. The molecule has 3 rings (SSSR count). The molecule has 1 aromatic rings. The Morgan fingerprint density at radius 2 is 2.32 bits per heavy atom. The minimum atomic E-state index is -1.92. The van der Waals surface area contributed by atoms with Crippen LogP contribution < -0.4 is 0 Å². The molecule has 5 nitrogen and oxygen atoms in total. The number of likely N-dealkylation sites (tertiary alicyclic amines) is 2. The minimum Gasteiger partial charge on any atom is -0.339 e. The highest BCUT2D eigenvalue weighted by Crippen LogP contribution is 2.39. The van der Waals surface area contributed by atoms with E-state index in [1.165, 1.54) is 16.7 Å². The van der Waals surface area contributed by atoms with Gasteiger partial charge in [-0.15, -0.1) is 12.4 Å². The lowest BCUT2D eigenvalue weighted by molar-refractivity contribution is -0.151. The van der Waals surface area contributed by atoms with Crippen LogP contribution in [0, 0.1) is 5.92 Å². The topological polar surface area (TPSA) is 53.5 Å². The van der Waals surface area contributed by atoms with E-state index < -0.39 is 11.6 Å². The first-order chi connectivity index (χ1) is 10.0. The molecule has 0 N–H and O–H groups in total. The standard InChI is InChI=1S/C15H18FN3O2.ClH/c1-11(20)19-9-13-4-6-18(14(21)15(13,16)10-19)8-12-3-2-5-17-7-12;/h2-3,5,7,13H,4,6,8-10H2,1H3;1H/t13-,15-;/m1./s1. The Hall–Kier alpha value is -1.69. The summed E-state index contributed by atoms with van der Waals surface area (Å²) in [6.45, 7) is 2.53. The fourth-order valence-corrected chi connectivity index (χ4v) is 3.22. The van der Waals surface area contributed by atoms with Crippen LogP contribution in [-0.2, 0) is 16.1 Å². The summed E-state index contributed by atoms with van der Waals surface area (Å²) in [5, 5.41) is 0. The average Bonchev–Trinajstić information content (AvgIpc) is 2.83. The maximum atomic E-state index is 15.1. The van der Waals surface area contributed by atoms with Crippen molar-refractivity contribution < 1.29 is 14.0 Å². The zero-order chi connectivity index (χ0) is 15.0. The van der Waals surface area contributed by atoms with Gasteiger partial charge in [0.05, 0.1) is 6.54 Å². The molecular weight excluding hydrogens is 309 g/mol. The number of pyridine rings is 1. The minimum absolute atomic E-state index is 0. The normalized spacial score (nSPS) is 27.4. The molecule has 22 heavy (non-hydrogen) atoms. The van der Waals surface area contributed by atoms with Gasteiger partial charge in [0.2, 0.25) is 11.6 Å². The van der Waals surface area contributed by atoms with E-state index in [9.17, 15) is 9.59 Å². The summed E-state index contributed by atoms with van der Waals surface area (Å²) in [4.78, 5) is 30.9. The van der Waals surface area contributed by atoms with Gasteiger partial charge in [-0.3, -0.25) is 14.6 Å². The molecule has 2 saturated heterocycles. The van der Waals surface area contributed by atoms with Gasteiger partial charge in [-0.1, -0.05) is 6.07 Å². The Bertz CT molecular complexity index is 571. The molecule has 0 aliphatic carbocycles. The van der Waals surface area contributed by atoms with Gasteiger partial charge in [0, 0.05) is 44.9 Å². The van der Waals surface area contributed by atoms with Gasteiger partial charge >= 0.3 is 0 Å². The Morgan fingerprint density at radius 3 is 2.95 bits per heavy atom. The van der Waals surface area contributed by atoms with Gasteiger partial charge in [-0.25, -0.2) is 4.39 Å². The molecule has 2 aliphatic heterocycles. The second kappa shape index (κ2) is 6.20. The third-order valence-electron chi connectivity index (χ3n) is 4.44. The van der Waals surface area contributed by atoms with Crippen LogP contribution in [0.4, 0.5) is 4.39 Å². The second-order valence-electron chi connectivity index (χ2n) is 5.84. The van der Waals surface area contributed by atoms with Crippen molar-refractivity contribution in [3.8, 4) is 0 Å². The van der Waals surface area contributed by atoms with E-state index >= 15 is 4.39 Å². The fourth-order valence-electron chi connectivity index (χ4n) is 3.22. The van der Waals surface area contributed by atoms with Gasteiger partial charge in [-0.05, 0) is 18.1 Å². The fraction of sp³-hybridized carbons (Fsp3) is 0.533. The highest BCUT2D eigenvalue weighted by molar-refractivity contribution is 5.88. The first kappa shape index (κ1) is 16.7. The van der Waals surface area contributed by atoms with Crippen molar-refractivity contribution in [1.82, 2.24) is 14.8 Å². The van der Waals surface area contributed by atoms with Crippen LogP contribution in [0.5, 0.6) is 0 Å². The molecule has 0 aromatic carbocycles. The van der Waals surface area contributed by atoms with Crippen molar-refractivity contribution in [3.05, 3.63) is 30.1 Å². The number of fused-ring (bicyclic) bond motifs is 1. The second-order valence-corrected chi connectivity index (χ2v) is 5.84. The lowest BCUT2D eigenvalue weighted by Gasteiger charge is -2.37. The van der Waals surface area contributed by atoms with Crippen LogP contribution >= 0.6 is 12.4 Å². The van der Waals surface area contributed by atoms with Crippen LogP contribution in [0.1, 0.15) is 18.9 Å². The number of piperidine rings is 1. The van der Waals surface area contributed by atoms with Crippen LogP contribution in [0.3, 0.4) is 0 Å². The Kier molecular flexibility index (Phi) is 4.70. The van der Waals surface area contributed by atoms with Gasteiger partial charge < -0.3 is 9.80 Å². The number of halogens is 2. The molecule has 2 atom stereocenters. The monoisotopic (exact) mass is 327 g/mol. The van der Waals surface area contributed by atoms with Crippen LogP contribution in [0.2, 0.25) is 0 Å². The highest BCUT2D eigenvalue weighted by atomic mass is 35.5. The predicted molar refractivity (Wildman–Crippen MR) is 81.1 cm³/mol. The van der Waals surface area contributed by atoms with Crippen LogP contribution in [0.15, 0.2) is 24.5 Å². The molecule has 3 heterocycles. The van der Waals surface area contributed by atoms with Crippen molar-refractivity contribution in [2.24, 2.45) is 5.92 Å². The molecule has 2 amide bonds. The summed E-state index contributed by atoms with van der Waals surface area (Å²) in [5.41, 5.74) is -1.04. The quantitative estimate of drug-likeness (QED) is 0.825. The lowest BCUT2D eigenvalue weighted by atomic mass is 9.85. The van der Waals surface area contributed by atoms with Gasteiger partial charge in [0.25, 0.3) is 5.91 Å². The molecule has 7 heteroatoms. The number of rotatable bonds is 2. The van der Waals surface area contributed by atoms with E-state index in [2.05, 4.69) is 4.98 Å². The first-order valence-electron chi connectivity index (χ1n) is 7.13. The molecular formula is C15H19ClFN3O2. The molecule has 2 aliphatic rings. The zero-order valence-electron chi connectivity index (χ0n) is 12.4. The highest BCUT2D eigenvalue weighted by Gasteiger charge is 2.57. The van der Waals surface area contributed by atoms with Crippen molar-refractivity contribution in [1.29, 1.82) is 0 Å². The predicted octanol–water partition coefficient (Wildman–Crippen LogP) is 1.42. The van der Waals surface area contributed by atoms with Gasteiger partial charge in [0.15, 0.2) is 0 Å². The maximum absolute atomic E-state index is 15.1. The first-order valence-corrected chi connectivity index (χ1v) is 7.13. The summed E-state index contributed by atoms with van der Waals surface area (Å²) in [6, 6.07) is 3.67. The van der Waals surface area contributed by atoms with E-state index in [1.54, 1.807) is 18.5 Å². The third-order valence-corrected chi connectivity index (χ3v) is 4.44. The average molecular weight is 328 g/mol. The molecule has 0 spiro atoms. The van der Waals surface area contributed by atoms with Crippen LogP contribution in [0.25, 0.3) is 0 Å². The summed E-state index contributed by atoms with van der Waals surface area (Å²) in [5.74, 6) is -1.04. The maximum Gasteiger partial charge on any atom is 0.262 e. The number of amides is 2. The Morgan fingerprint density at radius 1 is 1.55 bits per heavy atom. The molecule has 2 fully saturated rings. The van der Waals surface area contributed by atoms with Gasteiger partial charge in [-0.2, -0.15) is 0 Å². The summed E-state index contributed by atoms with van der Waals surface area (Å²) in [6.07, 6.45) is 3.93. The molecule has 120 valence electrons. The van der Waals surface area contributed by atoms with Gasteiger partial charge in [0.1, 0.15) is 0 Å². The number of hydrogen-bond donors (Lipinski definition) is 0. The number of carbonyl (C=O) groups excluding carboxylic acids is 2. The van der Waals surface area contributed by atoms with E-state index in [4.69, 9.17) is 0 Å². The van der Waals surface area contributed by atoms with E-state index in [-0.39, 0.29) is 30.8 Å². The summed E-state index contributed by atoms with van der Waals surface area (Å²) < 4.78 is 15.1. The van der Waals surface area contributed by atoms with Crippen LogP contribution in [-0.4, -0.2) is 51.9 Å². The molecule has 0 saturated carbocycles.